The molecule has 0 amide bonds. The molecule has 4 heteroatoms. The lowest BCUT2D eigenvalue weighted by molar-refractivity contribution is 0.0924. The van der Waals surface area contributed by atoms with Crippen LogP contribution < -0.4 is 9.47 Å². The number of hydrogen-bond acceptors (Lipinski definition) is 4. The maximum absolute atomic E-state index is 11.7. The average Bonchev–Trinajstić information content (AvgIpc) is 2.59. The number of hydrogen-bond donors (Lipinski definition) is 0. The Balaban J connectivity index is 1.74. The molecular weight excluding hydrogens is 290 g/mol. The van der Waals surface area contributed by atoms with Crippen LogP contribution in [0.25, 0.3) is 0 Å². The number of methoxy groups -OCH3 is 1. The minimum absolute atomic E-state index is 0.0347. The van der Waals surface area contributed by atoms with Gasteiger partial charge < -0.3 is 9.47 Å². The summed E-state index contributed by atoms with van der Waals surface area (Å²) >= 11 is 0. The highest BCUT2D eigenvalue weighted by molar-refractivity contribution is 5.95. The number of ketones is 1. The molecular formula is C19H21NO3. The molecule has 120 valence electrons. The van der Waals surface area contributed by atoms with Gasteiger partial charge in [0, 0.05) is 24.2 Å². The highest BCUT2D eigenvalue weighted by Crippen LogP contribution is 2.36. The first kappa shape index (κ1) is 15.6. The Morgan fingerprint density at radius 2 is 2.04 bits per heavy atom. The van der Waals surface area contributed by atoms with E-state index in [2.05, 4.69) is 29.2 Å². The van der Waals surface area contributed by atoms with E-state index in [1.165, 1.54) is 5.56 Å². The van der Waals surface area contributed by atoms with E-state index in [0.29, 0.717) is 18.0 Å². The van der Waals surface area contributed by atoms with Crippen molar-refractivity contribution in [3.63, 3.8) is 0 Å². The van der Waals surface area contributed by atoms with Crippen LogP contribution >= 0.6 is 0 Å². The van der Waals surface area contributed by atoms with E-state index in [-0.39, 0.29) is 5.78 Å². The largest absolute Gasteiger partial charge is 0.493 e. The summed E-state index contributed by atoms with van der Waals surface area (Å²) in [4.78, 5) is 13.9. The number of carbonyl (C=O) groups excluding carboxylic acids is 1. The molecule has 0 radical (unpaired) electrons. The molecule has 4 nitrogen and oxygen atoms in total. The third kappa shape index (κ3) is 3.54. The van der Waals surface area contributed by atoms with Crippen molar-refractivity contribution in [2.24, 2.45) is 0 Å². The summed E-state index contributed by atoms with van der Waals surface area (Å²) in [6.07, 6.45) is 0.975. The van der Waals surface area contributed by atoms with Gasteiger partial charge in [0.15, 0.2) is 17.3 Å². The van der Waals surface area contributed by atoms with Gasteiger partial charge in [-0.25, -0.2) is 0 Å². The van der Waals surface area contributed by atoms with Gasteiger partial charge in [0.2, 0.25) is 0 Å². The topological polar surface area (TPSA) is 38.8 Å². The molecule has 1 heterocycles. The van der Waals surface area contributed by atoms with Crippen molar-refractivity contribution in [2.45, 2.75) is 19.9 Å². The summed E-state index contributed by atoms with van der Waals surface area (Å²) < 4.78 is 11.2. The lowest BCUT2D eigenvalue weighted by atomic mass is 10.0. The summed E-state index contributed by atoms with van der Waals surface area (Å²) in [6.45, 7) is 3.78. The molecule has 0 saturated carbocycles. The van der Waals surface area contributed by atoms with Crippen LogP contribution in [0.1, 0.15) is 28.4 Å². The van der Waals surface area contributed by atoms with Gasteiger partial charge in [-0.3, -0.25) is 9.69 Å². The van der Waals surface area contributed by atoms with Crippen LogP contribution in [0.4, 0.5) is 0 Å². The van der Waals surface area contributed by atoms with E-state index < -0.39 is 0 Å². The number of nitrogens with zero attached hydrogens (tertiary/aromatic N) is 1. The van der Waals surface area contributed by atoms with Crippen LogP contribution in [0.15, 0.2) is 42.5 Å². The Hall–Kier alpha value is -2.33. The molecule has 0 fully saturated rings. The van der Waals surface area contributed by atoms with Crippen molar-refractivity contribution in [3.05, 3.63) is 59.2 Å². The second-order valence-electron chi connectivity index (χ2n) is 5.78. The zero-order valence-electron chi connectivity index (χ0n) is 13.5. The number of rotatable bonds is 5. The van der Waals surface area contributed by atoms with Crippen molar-refractivity contribution in [2.75, 3.05) is 20.4 Å². The van der Waals surface area contributed by atoms with Crippen molar-refractivity contribution in [1.29, 1.82) is 0 Å². The molecule has 0 aromatic heterocycles. The van der Waals surface area contributed by atoms with E-state index in [4.69, 9.17) is 9.47 Å². The fourth-order valence-electron chi connectivity index (χ4n) is 2.81. The maximum Gasteiger partial charge on any atom is 0.167 e. The van der Waals surface area contributed by atoms with Gasteiger partial charge in [0.25, 0.3) is 0 Å². The molecule has 0 N–H and O–H groups in total. The molecule has 0 bridgehead atoms. The smallest absolute Gasteiger partial charge is 0.167 e. The first-order valence-electron chi connectivity index (χ1n) is 7.78. The van der Waals surface area contributed by atoms with Crippen molar-refractivity contribution in [1.82, 2.24) is 4.90 Å². The van der Waals surface area contributed by atoms with Crippen LogP contribution in [0.2, 0.25) is 0 Å². The van der Waals surface area contributed by atoms with E-state index >= 15 is 0 Å². The van der Waals surface area contributed by atoms with Crippen molar-refractivity contribution in [3.8, 4) is 11.5 Å². The highest BCUT2D eigenvalue weighted by atomic mass is 16.5. The van der Waals surface area contributed by atoms with Gasteiger partial charge >= 0.3 is 0 Å². The molecule has 0 aliphatic carbocycles. The summed E-state index contributed by atoms with van der Waals surface area (Å²) in [7, 11) is 1.60. The molecule has 0 unspecified atom stereocenters. The molecule has 0 spiro atoms. The van der Waals surface area contributed by atoms with Crippen molar-refractivity contribution < 1.29 is 14.3 Å². The van der Waals surface area contributed by atoms with Gasteiger partial charge in [-0.1, -0.05) is 30.3 Å². The van der Waals surface area contributed by atoms with E-state index in [0.717, 1.165) is 30.8 Å². The minimum Gasteiger partial charge on any atom is -0.493 e. The zero-order valence-corrected chi connectivity index (χ0v) is 13.5. The third-order valence-electron chi connectivity index (χ3n) is 4.10. The standard InChI is InChI=1S/C19H21NO3/c1-14(21)16-10-17-12-20(9-8-15-6-4-3-5-7-15)13-23-19(17)18(11-16)22-2/h3-7,10-11H,8-9,12-13H2,1-2H3. The quantitative estimate of drug-likeness (QED) is 0.794. The summed E-state index contributed by atoms with van der Waals surface area (Å²) in [5.41, 5.74) is 2.98. The normalized spacial score (nSPS) is 14.0. The molecule has 1 aliphatic rings. The van der Waals surface area contributed by atoms with Gasteiger partial charge in [0.1, 0.15) is 6.73 Å². The molecule has 2 aromatic rings. The first-order valence-corrected chi connectivity index (χ1v) is 7.78. The Morgan fingerprint density at radius 3 is 2.74 bits per heavy atom. The zero-order chi connectivity index (χ0) is 16.2. The lowest BCUT2D eigenvalue weighted by Crippen LogP contribution is -2.33. The second-order valence-corrected chi connectivity index (χ2v) is 5.78. The SMILES string of the molecule is COc1cc(C(C)=O)cc2c1OCN(CCc1ccccc1)C2. The number of fused-ring (bicyclic) bond motifs is 1. The van der Waals surface area contributed by atoms with E-state index in [9.17, 15) is 4.79 Å². The maximum atomic E-state index is 11.7. The fraction of sp³-hybridized carbons (Fsp3) is 0.316. The number of Topliss-reactive ketones (excluding diaryl/α,β-unsaturated/α-hetero) is 1. The van der Waals surface area contributed by atoms with Crippen LogP contribution in [0.5, 0.6) is 11.5 Å². The predicted octanol–water partition coefficient (Wildman–Crippen LogP) is 3.29. The van der Waals surface area contributed by atoms with Gasteiger partial charge in [-0.05, 0) is 31.0 Å². The molecule has 3 rings (SSSR count). The summed E-state index contributed by atoms with van der Waals surface area (Å²) in [5.74, 6) is 1.43. The molecule has 0 atom stereocenters. The van der Waals surface area contributed by atoms with Gasteiger partial charge in [0.05, 0.1) is 7.11 Å². The minimum atomic E-state index is 0.0347. The highest BCUT2D eigenvalue weighted by Gasteiger charge is 2.22. The summed E-state index contributed by atoms with van der Waals surface area (Å²) in [5, 5.41) is 0. The Bertz CT molecular complexity index is 697. The molecule has 0 saturated heterocycles. The van der Waals surface area contributed by atoms with Crippen molar-refractivity contribution >= 4 is 5.78 Å². The van der Waals surface area contributed by atoms with Gasteiger partial charge in [-0.2, -0.15) is 0 Å². The molecule has 1 aliphatic heterocycles. The lowest BCUT2D eigenvalue weighted by Gasteiger charge is -2.30. The Kier molecular flexibility index (Phi) is 4.63. The average molecular weight is 311 g/mol. The van der Waals surface area contributed by atoms with Crippen LogP contribution in [-0.4, -0.2) is 31.1 Å². The van der Waals surface area contributed by atoms with Crippen LogP contribution in [0, 0.1) is 0 Å². The Labute approximate surface area is 136 Å². The van der Waals surface area contributed by atoms with Crippen LogP contribution in [-0.2, 0) is 13.0 Å². The molecule has 2 aromatic carbocycles. The number of carbonyl (C=O) groups is 1. The molecule has 23 heavy (non-hydrogen) atoms. The van der Waals surface area contributed by atoms with Gasteiger partial charge in [-0.15, -0.1) is 0 Å². The second kappa shape index (κ2) is 6.84. The number of ether oxygens (including phenoxy) is 2. The van der Waals surface area contributed by atoms with Crippen LogP contribution in [0.3, 0.4) is 0 Å². The third-order valence-corrected chi connectivity index (χ3v) is 4.10. The monoisotopic (exact) mass is 311 g/mol. The number of benzene rings is 2. The first-order chi connectivity index (χ1) is 11.2. The van der Waals surface area contributed by atoms with E-state index in [1.807, 2.05) is 12.1 Å². The fourth-order valence-corrected chi connectivity index (χ4v) is 2.81. The van der Waals surface area contributed by atoms with E-state index in [1.54, 1.807) is 20.1 Å². The predicted molar refractivity (Wildman–Crippen MR) is 89.0 cm³/mol. The Morgan fingerprint density at radius 1 is 1.26 bits per heavy atom. The summed E-state index contributed by atoms with van der Waals surface area (Å²) in [6, 6.07) is 14.1.